The number of aromatic nitrogens is 2. The van der Waals surface area contributed by atoms with Crippen LogP contribution in [-0.4, -0.2) is 20.2 Å². The molecule has 128 valence electrons. The lowest BCUT2D eigenvalue weighted by molar-refractivity contribution is -0.132. The van der Waals surface area contributed by atoms with Crippen LogP contribution in [0, 0.1) is 6.92 Å². The monoisotopic (exact) mass is 338 g/mol. The highest BCUT2D eigenvalue weighted by Crippen LogP contribution is 2.14. The van der Waals surface area contributed by atoms with E-state index in [0.717, 1.165) is 11.1 Å². The molecule has 0 fully saturated rings. The molecule has 0 saturated carbocycles. The van der Waals surface area contributed by atoms with Gasteiger partial charge in [-0.3, -0.25) is 13.9 Å². The SMILES string of the molecule is Cc1ccc2c(c1)c(=O)n(CC1=CC=C(C(=O)O)C=CC1)c(=O)n2C. The number of fused-ring (bicyclic) bond motifs is 1. The lowest BCUT2D eigenvalue weighted by atomic mass is 10.1. The first-order valence-electron chi connectivity index (χ1n) is 7.88. The molecule has 1 aromatic carbocycles. The van der Waals surface area contributed by atoms with Crippen molar-refractivity contribution in [3.8, 4) is 0 Å². The molecule has 25 heavy (non-hydrogen) atoms. The Hall–Kier alpha value is -3.15. The third-order valence-electron chi connectivity index (χ3n) is 4.29. The minimum atomic E-state index is -1.01. The van der Waals surface area contributed by atoms with Crippen molar-refractivity contribution in [3.05, 3.63) is 80.1 Å². The molecule has 1 N–H and O–H groups in total. The Morgan fingerprint density at radius 2 is 2.00 bits per heavy atom. The summed E-state index contributed by atoms with van der Waals surface area (Å²) >= 11 is 0. The van der Waals surface area contributed by atoms with Gasteiger partial charge in [0.25, 0.3) is 5.56 Å². The first-order chi connectivity index (χ1) is 11.9. The summed E-state index contributed by atoms with van der Waals surface area (Å²) in [5.41, 5.74) is 1.78. The van der Waals surface area contributed by atoms with Crippen molar-refractivity contribution in [2.24, 2.45) is 7.05 Å². The van der Waals surface area contributed by atoms with Crippen LogP contribution >= 0.6 is 0 Å². The van der Waals surface area contributed by atoms with Crippen molar-refractivity contribution < 1.29 is 9.90 Å². The van der Waals surface area contributed by atoms with Crippen LogP contribution in [0.5, 0.6) is 0 Å². The Morgan fingerprint density at radius 1 is 1.24 bits per heavy atom. The van der Waals surface area contributed by atoms with Gasteiger partial charge in [-0.1, -0.05) is 29.9 Å². The third-order valence-corrected chi connectivity index (χ3v) is 4.29. The molecule has 2 aromatic rings. The van der Waals surface area contributed by atoms with Gasteiger partial charge in [-0.25, -0.2) is 9.59 Å². The zero-order valence-electron chi connectivity index (χ0n) is 14.0. The summed E-state index contributed by atoms with van der Waals surface area (Å²) in [5.74, 6) is -1.01. The van der Waals surface area contributed by atoms with Crippen molar-refractivity contribution in [1.29, 1.82) is 0 Å². The number of hydrogen-bond acceptors (Lipinski definition) is 3. The van der Waals surface area contributed by atoms with Crippen molar-refractivity contribution in [3.63, 3.8) is 0 Å². The second-order valence-electron chi connectivity index (χ2n) is 6.11. The van der Waals surface area contributed by atoms with Gasteiger partial charge in [0.05, 0.1) is 23.0 Å². The third kappa shape index (κ3) is 3.10. The molecule has 1 aliphatic rings. The van der Waals surface area contributed by atoms with Crippen LogP contribution in [0.25, 0.3) is 10.9 Å². The first kappa shape index (κ1) is 16.7. The summed E-state index contributed by atoms with van der Waals surface area (Å²) in [6, 6.07) is 5.41. The number of aliphatic carboxylic acids is 1. The molecule has 0 aliphatic heterocycles. The van der Waals surface area contributed by atoms with Crippen LogP contribution in [0.15, 0.2) is 63.2 Å². The maximum absolute atomic E-state index is 12.8. The lowest BCUT2D eigenvalue weighted by Gasteiger charge is -2.12. The predicted molar refractivity (Wildman–Crippen MR) is 95.7 cm³/mol. The number of nitrogens with zero attached hydrogens (tertiary/aromatic N) is 2. The number of benzene rings is 1. The number of allylic oxidation sites excluding steroid dienone is 4. The molecule has 3 rings (SSSR count). The standard InChI is InChI=1S/C19H18N2O4/c1-12-6-9-16-15(10-12)17(22)21(19(25)20(16)2)11-13-4-3-5-14(8-7-13)18(23)24/h3,5-10H,4,11H2,1-2H3,(H,23,24). The molecule has 0 spiro atoms. The Kier molecular flexibility index (Phi) is 4.27. The molecule has 1 aromatic heterocycles. The van der Waals surface area contributed by atoms with E-state index in [9.17, 15) is 14.4 Å². The summed E-state index contributed by atoms with van der Waals surface area (Å²) in [6.07, 6.45) is 6.88. The number of hydrogen-bond donors (Lipinski definition) is 1. The quantitative estimate of drug-likeness (QED) is 0.927. The molecule has 0 radical (unpaired) electrons. The molecule has 0 unspecified atom stereocenters. The van der Waals surface area contributed by atoms with Crippen LogP contribution < -0.4 is 11.2 Å². The van der Waals surface area contributed by atoms with Gasteiger partial charge >= 0.3 is 11.7 Å². The van der Waals surface area contributed by atoms with E-state index in [1.54, 1.807) is 31.3 Å². The molecular formula is C19H18N2O4. The van der Waals surface area contributed by atoms with Crippen LogP contribution in [-0.2, 0) is 18.4 Å². The number of aryl methyl sites for hydroxylation is 2. The van der Waals surface area contributed by atoms with E-state index in [0.29, 0.717) is 17.3 Å². The van der Waals surface area contributed by atoms with Crippen LogP contribution in [0.4, 0.5) is 0 Å². The van der Waals surface area contributed by atoms with Crippen LogP contribution in [0.1, 0.15) is 12.0 Å². The van der Waals surface area contributed by atoms with Gasteiger partial charge in [0.15, 0.2) is 0 Å². The Balaban J connectivity index is 2.11. The van der Waals surface area contributed by atoms with Crippen LogP contribution in [0.2, 0.25) is 0 Å². The van der Waals surface area contributed by atoms with E-state index in [4.69, 9.17) is 5.11 Å². The van der Waals surface area contributed by atoms with E-state index in [-0.39, 0.29) is 17.7 Å². The van der Waals surface area contributed by atoms with Crippen molar-refractivity contribution in [2.75, 3.05) is 0 Å². The van der Waals surface area contributed by atoms with Crippen molar-refractivity contribution in [1.82, 2.24) is 9.13 Å². The zero-order chi connectivity index (χ0) is 18.1. The van der Waals surface area contributed by atoms with Gasteiger partial charge in [0.1, 0.15) is 0 Å². The predicted octanol–water partition coefficient (Wildman–Crippen LogP) is 1.91. The van der Waals surface area contributed by atoms with Gasteiger partial charge in [0.2, 0.25) is 0 Å². The minimum Gasteiger partial charge on any atom is -0.478 e. The van der Waals surface area contributed by atoms with Crippen molar-refractivity contribution in [2.45, 2.75) is 19.9 Å². The van der Waals surface area contributed by atoms with E-state index in [1.807, 2.05) is 13.0 Å². The first-order valence-corrected chi connectivity index (χ1v) is 7.88. The van der Waals surface area contributed by atoms with Crippen LogP contribution in [0.3, 0.4) is 0 Å². The zero-order valence-corrected chi connectivity index (χ0v) is 14.0. The number of carboxylic acids is 1. The molecule has 1 heterocycles. The Morgan fingerprint density at radius 3 is 2.72 bits per heavy atom. The van der Waals surface area contributed by atoms with Gasteiger partial charge in [-0.2, -0.15) is 0 Å². The summed E-state index contributed by atoms with van der Waals surface area (Å²) in [4.78, 5) is 36.4. The average molecular weight is 338 g/mol. The maximum Gasteiger partial charge on any atom is 0.335 e. The molecule has 6 heteroatoms. The molecule has 6 nitrogen and oxygen atoms in total. The largest absolute Gasteiger partial charge is 0.478 e. The van der Waals surface area contributed by atoms with E-state index < -0.39 is 11.7 Å². The smallest absolute Gasteiger partial charge is 0.335 e. The maximum atomic E-state index is 12.8. The van der Waals surface area contributed by atoms with Gasteiger partial charge in [0, 0.05) is 7.05 Å². The fourth-order valence-electron chi connectivity index (χ4n) is 2.90. The molecule has 0 bridgehead atoms. The summed E-state index contributed by atoms with van der Waals surface area (Å²) in [7, 11) is 1.64. The highest BCUT2D eigenvalue weighted by atomic mass is 16.4. The molecule has 0 saturated heterocycles. The molecule has 0 atom stereocenters. The topological polar surface area (TPSA) is 81.3 Å². The number of carboxylic acid groups (broad SMARTS) is 1. The normalized spacial score (nSPS) is 14.2. The second-order valence-corrected chi connectivity index (χ2v) is 6.11. The van der Waals surface area contributed by atoms with Gasteiger partial charge in [-0.15, -0.1) is 0 Å². The number of rotatable bonds is 3. The van der Waals surface area contributed by atoms with E-state index in [2.05, 4.69) is 0 Å². The summed E-state index contributed by atoms with van der Waals surface area (Å²) in [5, 5.41) is 9.54. The lowest BCUT2D eigenvalue weighted by Crippen LogP contribution is -2.39. The van der Waals surface area contributed by atoms with Gasteiger partial charge in [-0.05, 0) is 37.1 Å². The van der Waals surface area contributed by atoms with Gasteiger partial charge < -0.3 is 5.11 Å². The Bertz CT molecular complexity index is 1080. The highest BCUT2D eigenvalue weighted by Gasteiger charge is 2.13. The summed E-state index contributed by atoms with van der Waals surface area (Å²) in [6.45, 7) is 2.02. The minimum absolute atomic E-state index is 0.128. The fraction of sp³-hybridized carbons (Fsp3) is 0.211. The molecular weight excluding hydrogens is 320 g/mol. The second kappa shape index (κ2) is 6.39. The van der Waals surface area contributed by atoms with Crippen molar-refractivity contribution >= 4 is 16.9 Å². The molecule has 0 amide bonds. The average Bonchev–Trinajstić information content (AvgIpc) is 2.82. The van der Waals surface area contributed by atoms with E-state index >= 15 is 0 Å². The fourth-order valence-corrected chi connectivity index (χ4v) is 2.90. The number of carbonyl (C=O) groups is 1. The van der Waals surface area contributed by atoms with E-state index in [1.165, 1.54) is 21.3 Å². The summed E-state index contributed by atoms with van der Waals surface area (Å²) < 4.78 is 2.66. The molecule has 1 aliphatic carbocycles. The Labute approximate surface area is 143 Å². The highest BCUT2D eigenvalue weighted by molar-refractivity contribution is 5.90.